The number of fused-ring (bicyclic) bond motifs is 1. The lowest BCUT2D eigenvalue weighted by atomic mass is 10.2. The van der Waals surface area contributed by atoms with Gasteiger partial charge in [0.2, 0.25) is 5.91 Å². The van der Waals surface area contributed by atoms with E-state index in [2.05, 4.69) is 20.6 Å². The molecule has 124 valence electrons. The smallest absolute Gasteiger partial charge is 0.296 e. The molecule has 8 nitrogen and oxygen atoms in total. The largest absolute Gasteiger partial charge is 0.493 e. The number of carbonyl (C=O) groups excluding carboxylic acids is 1. The van der Waals surface area contributed by atoms with Crippen LogP contribution in [0.15, 0.2) is 41.1 Å². The Balaban J connectivity index is 1.61. The predicted molar refractivity (Wildman–Crippen MR) is 88.5 cm³/mol. The predicted octanol–water partition coefficient (Wildman–Crippen LogP) is 2.29. The molecule has 0 fully saturated rings. The van der Waals surface area contributed by atoms with Crippen LogP contribution in [0.3, 0.4) is 0 Å². The molecule has 0 atom stereocenters. The maximum atomic E-state index is 12.0. The average Bonchev–Trinajstić information content (AvgIpc) is 3.03. The number of nitrogens with one attached hydrogen (secondary N) is 2. The molecule has 0 bridgehead atoms. The van der Waals surface area contributed by atoms with Crippen molar-refractivity contribution in [3.8, 4) is 11.5 Å². The molecule has 0 aliphatic carbocycles. The minimum Gasteiger partial charge on any atom is -0.493 e. The number of methoxy groups -OCH3 is 2. The number of carbonyl (C=O) groups is 1. The van der Waals surface area contributed by atoms with E-state index in [0.717, 1.165) is 0 Å². The first kappa shape index (κ1) is 15.6. The molecule has 0 radical (unpaired) electrons. The summed E-state index contributed by atoms with van der Waals surface area (Å²) in [4.78, 5) is 20.2. The Morgan fingerprint density at radius 2 is 2.04 bits per heavy atom. The number of aromatic nitrogens is 2. The van der Waals surface area contributed by atoms with Crippen molar-refractivity contribution in [1.29, 1.82) is 0 Å². The monoisotopic (exact) mass is 328 g/mol. The van der Waals surface area contributed by atoms with Gasteiger partial charge in [-0.05, 0) is 18.2 Å². The average molecular weight is 328 g/mol. The van der Waals surface area contributed by atoms with Crippen LogP contribution in [-0.4, -0.2) is 36.6 Å². The minimum absolute atomic E-state index is 0.00853. The topological polar surface area (TPSA) is 98.5 Å². The van der Waals surface area contributed by atoms with E-state index in [1.165, 1.54) is 7.11 Å². The number of nitrogens with zero attached hydrogens (tertiary/aromatic N) is 2. The fourth-order valence-electron chi connectivity index (χ4n) is 2.13. The lowest BCUT2D eigenvalue weighted by molar-refractivity contribution is -0.114. The van der Waals surface area contributed by atoms with Crippen LogP contribution in [0.5, 0.6) is 11.5 Å². The molecule has 0 saturated heterocycles. The molecule has 2 heterocycles. The first-order valence-corrected chi connectivity index (χ1v) is 7.16. The molecule has 1 aromatic carbocycles. The highest BCUT2D eigenvalue weighted by atomic mass is 16.5. The van der Waals surface area contributed by atoms with Gasteiger partial charge in [-0.25, -0.2) is 0 Å². The van der Waals surface area contributed by atoms with Crippen molar-refractivity contribution in [2.45, 2.75) is 0 Å². The van der Waals surface area contributed by atoms with Gasteiger partial charge in [0.25, 0.3) is 6.01 Å². The lowest BCUT2D eigenvalue weighted by Gasteiger charge is -2.10. The Bertz CT molecular complexity index is 829. The number of anilines is 2. The summed E-state index contributed by atoms with van der Waals surface area (Å²) in [6.07, 6.45) is 3.19. The minimum atomic E-state index is -0.248. The third-order valence-electron chi connectivity index (χ3n) is 3.26. The Morgan fingerprint density at radius 1 is 1.21 bits per heavy atom. The molecule has 1 amide bonds. The van der Waals surface area contributed by atoms with Crippen molar-refractivity contribution in [1.82, 2.24) is 9.97 Å². The maximum Gasteiger partial charge on any atom is 0.296 e. The van der Waals surface area contributed by atoms with Gasteiger partial charge in [0.05, 0.1) is 27.0 Å². The summed E-state index contributed by atoms with van der Waals surface area (Å²) in [6.45, 7) is 0.00853. The molecule has 0 spiro atoms. The Kier molecular flexibility index (Phi) is 4.46. The Morgan fingerprint density at radius 3 is 2.79 bits per heavy atom. The number of oxazole rings is 1. The number of amides is 1. The van der Waals surface area contributed by atoms with Crippen LogP contribution in [0, 0.1) is 0 Å². The van der Waals surface area contributed by atoms with E-state index in [1.807, 2.05) is 0 Å². The highest BCUT2D eigenvalue weighted by Crippen LogP contribution is 2.29. The normalized spacial score (nSPS) is 10.4. The number of ether oxygens (including phenoxy) is 2. The van der Waals surface area contributed by atoms with Crippen molar-refractivity contribution in [2.24, 2.45) is 0 Å². The molecule has 0 unspecified atom stereocenters. The first-order chi connectivity index (χ1) is 11.7. The summed E-state index contributed by atoms with van der Waals surface area (Å²) < 4.78 is 15.8. The number of rotatable bonds is 6. The van der Waals surface area contributed by atoms with Gasteiger partial charge in [-0.1, -0.05) is 0 Å². The fraction of sp³-hybridized carbons (Fsp3) is 0.188. The molecule has 2 N–H and O–H groups in total. The second-order valence-electron chi connectivity index (χ2n) is 4.83. The van der Waals surface area contributed by atoms with Crippen LogP contribution in [0.4, 0.5) is 11.7 Å². The molecule has 2 aromatic heterocycles. The van der Waals surface area contributed by atoms with E-state index in [0.29, 0.717) is 28.3 Å². The van der Waals surface area contributed by atoms with Gasteiger partial charge in [-0.3, -0.25) is 9.78 Å². The summed E-state index contributed by atoms with van der Waals surface area (Å²) in [5.74, 6) is 0.881. The van der Waals surface area contributed by atoms with E-state index in [9.17, 15) is 4.79 Å². The Hall–Kier alpha value is -3.29. The third-order valence-corrected chi connectivity index (χ3v) is 3.26. The van der Waals surface area contributed by atoms with Gasteiger partial charge >= 0.3 is 0 Å². The zero-order valence-corrected chi connectivity index (χ0v) is 13.2. The maximum absolute atomic E-state index is 12.0. The zero-order chi connectivity index (χ0) is 16.9. The van der Waals surface area contributed by atoms with Gasteiger partial charge in [0.1, 0.15) is 5.52 Å². The SMILES string of the molecule is COc1ccc(NC(=O)CNc2nc3ccncc3o2)cc1OC. The van der Waals surface area contributed by atoms with Crippen LogP contribution in [0.1, 0.15) is 0 Å². The van der Waals surface area contributed by atoms with Crippen molar-refractivity contribution >= 4 is 28.7 Å². The molecule has 0 aliphatic rings. The van der Waals surface area contributed by atoms with E-state index in [4.69, 9.17) is 13.9 Å². The molecular formula is C16H16N4O4. The zero-order valence-electron chi connectivity index (χ0n) is 13.2. The number of benzene rings is 1. The van der Waals surface area contributed by atoms with Gasteiger partial charge < -0.3 is 24.5 Å². The molecule has 0 saturated carbocycles. The molecular weight excluding hydrogens is 312 g/mol. The second-order valence-corrected chi connectivity index (χ2v) is 4.83. The standard InChI is InChI=1S/C16H16N4O4/c1-22-12-4-3-10(7-13(12)23-2)19-15(21)9-18-16-20-11-5-6-17-8-14(11)24-16/h3-8H,9H2,1-2H3,(H,18,20)(H,19,21). The molecule has 3 rings (SSSR count). The summed E-state index contributed by atoms with van der Waals surface area (Å²) in [6, 6.07) is 7.12. The van der Waals surface area contributed by atoms with Gasteiger partial charge in [-0.2, -0.15) is 4.98 Å². The molecule has 24 heavy (non-hydrogen) atoms. The highest BCUT2D eigenvalue weighted by Gasteiger charge is 2.09. The number of hydrogen-bond acceptors (Lipinski definition) is 7. The van der Waals surface area contributed by atoms with Crippen molar-refractivity contribution < 1.29 is 18.7 Å². The van der Waals surface area contributed by atoms with E-state index < -0.39 is 0 Å². The molecule has 3 aromatic rings. The quantitative estimate of drug-likeness (QED) is 0.716. The van der Waals surface area contributed by atoms with E-state index in [-0.39, 0.29) is 18.5 Å². The molecule has 0 aliphatic heterocycles. The van der Waals surface area contributed by atoms with Crippen molar-refractivity contribution in [3.05, 3.63) is 36.7 Å². The van der Waals surface area contributed by atoms with Crippen molar-refractivity contribution in [3.63, 3.8) is 0 Å². The summed E-state index contributed by atoms with van der Waals surface area (Å²) in [5.41, 5.74) is 1.83. The number of hydrogen-bond donors (Lipinski definition) is 2. The van der Waals surface area contributed by atoms with Gasteiger partial charge in [0, 0.05) is 18.0 Å². The van der Waals surface area contributed by atoms with Crippen molar-refractivity contribution in [2.75, 3.05) is 31.4 Å². The highest BCUT2D eigenvalue weighted by molar-refractivity contribution is 5.94. The van der Waals surface area contributed by atoms with Gasteiger partial charge in [0.15, 0.2) is 17.1 Å². The Labute approximate surface area is 137 Å². The summed E-state index contributed by atoms with van der Waals surface area (Å²) >= 11 is 0. The number of pyridine rings is 1. The third kappa shape index (κ3) is 3.37. The van der Waals surface area contributed by atoms with Crippen LogP contribution in [-0.2, 0) is 4.79 Å². The van der Waals surface area contributed by atoms with Crippen LogP contribution in [0.2, 0.25) is 0 Å². The van der Waals surface area contributed by atoms with E-state index in [1.54, 1.807) is 43.8 Å². The van der Waals surface area contributed by atoms with Crippen LogP contribution < -0.4 is 20.1 Å². The van der Waals surface area contributed by atoms with E-state index >= 15 is 0 Å². The summed E-state index contributed by atoms with van der Waals surface area (Å²) in [7, 11) is 3.09. The molecule has 8 heteroatoms. The lowest BCUT2D eigenvalue weighted by Crippen LogP contribution is -2.21. The van der Waals surface area contributed by atoms with Crippen LogP contribution >= 0.6 is 0 Å². The fourth-order valence-corrected chi connectivity index (χ4v) is 2.13. The summed E-state index contributed by atoms with van der Waals surface area (Å²) in [5, 5.41) is 5.58. The first-order valence-electron chi connectivity index (χ1n) is 7.16. The second kappa shape index (κ2) is 6.86. The van der Waals surface area contributed by atoms with Gasteiger partial charge in [-0.15, -0.1) is 0 Å². The van der Waals surface area contributed by atoms with Crippen LogP contribution in [0.25, 0.3) is 11.1 Å².